The highest BCUT2D eigenvalue weighted by Gasteiger charge is 2.18. The van der Waals surface area contributed by atoms with E-state index in [0.29, 0.717) is 12.0 Å². The highest BCUT2D eigenvalue weighted by atomic mass is 16.5. The van der Waals surface area contributed by atoms with Crippen molar-refractivity contribution in [1.29, 1.82) is 0 Å². The summed E-state index contributed by atoms with van der Waals surface area (Å²) in [6, 6.07) is 8.90. The van der Waals surface area contributed by atoms with Crippen LogP contribution in [-0.4, -0.2) is 19.2 Å². The van der Waals surface area contributed by atoms with Crippen molar-refractivity contribution in [1.82, 2.24) is 5.32 Å². The van der Waals surface area contributed by atoms with Crippen LogP contribution < -0.4 is 10.1 Å². The Morgan fingerprint density at radius 3 is 3.00 bits per heavy atom. The summed E-state index contributed by atoms with van der Waals surface area (Å²) in [5, 5.41) is 3.47. The molecule has 82 valence electrons. The third kappa shape index (κ3) is 2.72. The highest BCUT2D eigenvalue weighted by molar-refractivity contribution is 5.35. The predicted molar refractivity (Wildman–Crippen MR) is 62.3 cm³/mol. The SMILES string of the molecule is CC(C)NCC1COc2ccccc2C1. The van der Waals surface area contributed by atoms with Crippen molar-refractivity contribution < 1.29 is 4.74 Å². The number of para-hydroxylation sites is 1. The standard InChI is InChI=1S/C13H19NO/c1-10(2)14-8-11-7-12-5-3-4-6-13(12)15-9-11/h3-6,10-11,14H,7-9H2,1-2H3. The minimum atomic E-state index is 0.558. The second-order valence-electron chi connectivity index (χ2n) is 4.55. The number of benzene rings is 1. The average Bonchev–Trinajstić information content (AvgIpc) is 2.26. The zero-order valence-electron chi connectivity index (χ0n) is 9.49. The Balaban J connectivity index is 1.94. The molecule has 1 unspecified atom stereocenters. The molecule has 1 aliphatic rings. The number of fused-ring (bicyclic) bond motifs is 1. The van der Waals surface area contributed by atoms with Crippen LogP contribution in [-0.2, 0) is 6.42 Å². The molecule has 0 aliphatic carbocycles. The summed E-state index contributed by atoms with van der Waals surface area (Å²) in [5.74, 6) is 1.68. The number of ether oxygens (including phenoxy) is 1. The van der Waals surface area contributed by atoms with Gasteiger partial charge in [0.1, 0.15) is 5.75 Å². The van der Waals surface area contributed by atoms with Gasteiger partial charge in [-0.05, 0) is 18.1 Å². The molecule has 0 radical (unpaired) electrons. The summed E-state index contributed by atoms with van der Waals surface area (Å²) in [5.41, 5.74) is 1.35. The van der Waals surface area contributed by atoms with Crippen LogP contribution in [0.25, 0.3) is 0 Å². The quantitative estimate of drug-likeness (QED) is 0.817. The topological polar surface area (TPSA) is 21.3 Å². The largest absolute Gasteiger partial charge is 0.493 e. The summed E-state index contributed by atoms with van der Waals surface area (Å²) in [7, 11) is 0. The summed E-state index contributed by atoms with van der Waals surface area (Å²) < 4.78 is 5.73. The van der Waals surface area contributed by atoms with Crippen LogP contribution >= 0.6 is 0 Å². The van der Waals surface area contributed by atoms with Crippen molar-refractivity contribution in [3.05, 3.63) is 29.8 Å². The second-order valence-corrected chi connectivity index (χ2v) is 4.55. The van der Waals surface area contributed by atoms with Gasteiger partial charge >= 0.3 is 0 Å². The third-order valence-electron chi connectivity index (χ3n) is 2.77. The van der Waals surface area contributed by atoms with Crippen molar-refractivity contribution >= 4 is 0 Å². The second kappa shape index (κ2) is 4.67. The fraction of sp³-hybridized carbons (Fsp3) is 0.538. The molecule has 1 aromatic carbocycles. The molecule has 1 aromatic rings. The molecule has 0 saturated heterocycles. The molecule has 15 heavy (non-hydrogen) atoms. The maximum absolute atomic E-state index is 5.73. The first-order valence-corrected chi connectivity index (χ1v) is 5.70. The molecular weight excluding hydrogens is 186 g/mol. The van der Waals surface area contributed by atoms with Crippen molar-refractivity contribution in [2.24, 2.45) is 5.92 Å². The predicted octanol–water partition coefficient (Wildman–Crippen LogP) is 2.24. The molecule has 0 spiro atoms. The zero-order chi connectivity index (χ0) is 10.7. The number of nitrogens with one attached hydrogen (secondary N) is 1. The van der Waals surface area contributed by atoms with Gasteiger partial charge in [0, 0.05) is 18.5 Å². The number of rotatable bonds is 3. The lowest BCUT2D eigenvalue weighted by molar-refractivity contribution is 0.216. The first-order valence-electron chi connectivity index (χ1n) is 5.70. The molecule has 0 amide bonds. The van der Waals surface area contributed by atoms with Gasteiger partial charge in [0.25, 0.3) is 0 Å². The van der Waals surface area contributed by atoms with E-state index in [2.05, 4.69) is 37.4 Å². The Hall–Kier alpha value is -1.02. The van der Waals surface area contributed by atoms with E-state index in [1.54, 1.807) is 0 Å². The van der Waals surface area contributed by atoms with Crippen LogP contribution in [0.5, 0.6) is 5.75 Å². The Morgan fingerprint density at radius 2 is 2.20 bits per heavy atom. The van der Waals surface area contributed by atoms with Crippen LogP contribution in [0.2, 0.25) is 0 Å². The van der Waals surface area contributed by atoms with Crippen LogP contribution in [0.4, 0.5) is 0 Å². The van der Waals surface area contributed by atoms with Crippen LogP contribution in [0, 0.1) is 5.92 Å². The van der Waals surface area contributed by atoms with Gasteiger partial charge < -0.3 is 10.1 Å². The molecule has 2 rings (SSSR count). The molecular formula is C13H19NO. The minimum Gasteiger partial charge on any atom is -0.493 e. The van der Waals surface area contributed by atoms with E-state index >= 15 is 0 Å². The summed E-state index contributed by atoms with van der Waals surface area (Å²) in [6.07, 6.45) is 1.13. The molecule has 1 atom stereocenters. The van der Waals surface area contributed by atoms with E-state index in [9.17, 15) is 0 Å². The number of hydrogen-bond donors (Lipinski definition) is 1. The van der Waals surface area contributed by atoms with Crippen molar-refractivity contribution in [3.8, 4) is 5.75 Å². The lowest BCUT2D eigenvalue weighted by Gasteiger charge is -2.26. The Bertz CT molecular complexity index is 322. The molecule has 0 saturated carbocycles. The van der Waals surface area contributed by atoms with Crippen LogP contribution in [0.3, 0.4) is 0 Å². The first-order chi connectivity index (χ1) is 7.25. The van der Waals surface area contributed by atoms with Crippen molar-refractivity contribution in [2.75, 3.05) is 13.2 Å². The Labute approximate surface area is 91.6 Å². The van der Waals surface area contributed by atoms with Gasteiger partial charge in [-0.15, -0.1) is 0 Å². The van der Waals surface area contributed by atoms with Gasteiger partial charge in [-0.3, -0.25) is 0 Å². The molecule has 2 nitrogen and oxygen atoms in total. The average molecular weight is 205 g/mol. The maximum Gasteiger partial charge on any atom is 0.122 e. The van der Waals surface area contributed by atoms with Crippen molar-refractivity contribution in [2.45, 2.75) is 26.3 Å². The van der Waals surface area contributed by atoms with E-state index in [1.165, 1.54) is 5.56 Å². The van der Waals surface area contributed by atoms with Crippen LogP contribution in [0.15, 0.2) is 24.3 Å². The van der Waals surface area contributed by atoms with E-state index in [0.717, 1.165) is 25.3 Å². The van der Waals surface area contributed by atoms with E-state index < -0.39 is 0 Å². The molecule has 0 aromatic heterocycles. The summed E-state index contributed by atoms with van der Waals surface area (Å²) in [4.78, 5) is 0. The number of hydrogen-bond acceptors (Lipinski definition) is 2. The van der Waals surface area contributed by atoms with Gasteiger partial charge in [0.2, 0.25) is 0 Å². The highest BCUT2D eigenvalue weighted by Crippen LogP contribution is 2.26. The Morgan fingerprint density at radius 1 is 1.40 bits per heavy atom. The van der Waals surface area contributed by atoms with Gasteiger partial charge in [-0.1, -0.05) is 32.0 Å². The molecule has 0 bridgehead atoms. The van der Waals surface area contributed by atoms with Crippen LogP contribution in [0.1, 0.15) is 19.4 Å². The zero-order valence-corrected chi connectivity index (χ0v) is 9.49. The lowest BCUT2D eigenvalue weighted by Crippen LogP contribution is -2.34. The lowest BCUT2D eigenvalue weighted by atomic mass is 9.96. The Kier molecular flexibility index (Phi) is 3.27. The van der Waals surface area contributed by atoms with E-state index in [1.807, 2.05) is 6.07 Å². The third-order valence-corrected chi connectivity index (χ3v) is 2.77. The van der Waals surface area contributed by atoms with Gasteiger partial charge in [0.15, 0.2) is 0 Å². The monoisotopic (exact) mass is 205 g/mol. The molecule has 0 fully saturated rings. The van der Waals surface area contributed by atoms with Gasteiger partial charge in [0.05, 0.1) is 6.61 Å². The molecule has 1 heterocycles. The van der Waals surface area contributed by atoms with E-state index in [4.69, 9.17) is 4.74 Å². The normalized spacial score (nSPS) is 19.8. The molecule has 1 N–H and O–H groups in total. The van der Waals surface area contributed by atoms with Crippen molar-refractivity contribution in [3.63, 3.8) is 0 Å². The minimum absolute atomic E-state index is 0.558. The maximum atomic E-state index is 5.73. The van der Waals surface area contributed by atoms with Gasteiger partial charge in [-0.2, -0.15) is 0 Å². The smallest absolute Gasteiger partial charge is 0.122 e. The fourth-order valence-electron chi connectivity index (χ4n) is 1.92. The first kappa shape index (κ1) is 10.5. The molecule has 2 heteroatoms. The summed E-state index contributed by atoms with van der Waals surface area (Å²) in [6.45, 7) is 6.25. The summed E-state index contributed by atoms with van der Waals surface area (Å²) >= 11 is 0. The van der Waals surface area contributed by atoms with Gasteiger partial charge in [-0.25, -0.2) is 0 Å². The fourth-order valence-corrected chi connectivity index (χ4v) is 1.92. The van der Waals surface area contributed by atoms with E-state index in [-0.39, 0.29) is 0 Å². The molecule has 1 aliphatic heterocycles.